The third-order valence-corrected chi connectivity index (χ3v) is 4.45. The number of carboxylic acids is 1. The smallest absolute Gasteiger partial charge is 0.408 e. The predicted molar refractivity (Wildman–Crippen MR) is 94.1 cm³/mol. The molecule has 0 aliphatic carbocycles. The minimum absolute atomic E-state index is 0.0453. The number of carbonyl (C=O) groups is 3. The first kappa shape index (κ1) is 21.3. The molecule has 1 aliphatic heterocycles. The molecule has 2 amide bonds. The van der Waals surface area contributed by atoms with Gasteiger partial charge in [-0.15, -0.1) is 0 Å². The molecule has 0 spiro atoms. The topological polar surface area (TPSA) is 95.9 Å². The Morgan fingerprint density at radius 2 is 1.64 bits per heavy atom. The Balaban J connectivity index is 2.92. The summed E-state index contributed by atoms with van der Waals surface area (Å²) in [5.41, 5.74) is -2.23. The summed E-state index contributed by atoms with van der Waals surface area (Å²) in [6.45, 7) is 13.3. The monoisotopic (exact) mass is 356 g/mol. The summed E-state index contributed by atoms with van der Waals surface area (Å²) < 4.78 is 5.18. The average Bonchev–Trinajstić information content (AvgIpc) is 2.80. The number of nitrogens with one attached hydrogen (secondary N) is 1. The number of nitrogens with zero attached hydrogens (tertiary/aromatic N) is 1. The van der Waals surface area contributed by atoms with Crippen molar-refractivity contribution >= 4 is 18.0 Å². The molecule has 0 aromatic carbocycles. The minimum Gasteiger partial charge on any atom is -0.479 e. The SMILES string of the molecule is CC(C)C(C(=O)N1CCC(NC(=O)OC(C)(C)C)(C(=O)O)C1)C(C)C. The highest BCUT2D eigenvalue weighted by Gasteiger charge is 2.49. The maximum Gasteiger partial charge on any atom is 0.408 e. The molecule has 1 unspecified atom stereocenters. The van der Waals surface area contributed by atoms with Crippen molar-refractivity contribution in [3.05, 3.63) is 0 Å². The molecular formula is C18H32N2O5. The van der Waals surface area contributed by atoms with E-state index in [4.69, 9.17) is 4.74 Å². The van der Waals surface area contributed by atoms with E-state index in [1.54, 1.807) is 25.7 Å². The maximum absolute atomic E-state index is 12.8. The van der Waals surface area contributed by atoms with Crippen LogP contribution in [-0.2, 0) is 14.3 Å². The summed E-state index contributed by atoms with van der Waals surface area (Å²) in [6, 6.07) is 0. The summed E-state index contributed by atoms with van der Waals surface area (Å²) >= 11 is 0. The van der Waals surface area contributed by atoms with Crippen LogP contribution in [0, 0.1) is 17.8 Å². The molecule has 0 bridgehead atoms. The Kier molecular flexibility index (Phi) is 6.48. The molecule has 1 aliphatic rings. The Labute approximate surface area is 150 Å². The number of rotatable bonds is 5. The van der Waals surface area contributed by atoms with Crippen LogP contribution in [0.2, 0.25) is 0 Å². The van der Waals surface area contributed by atoms with E-state index in [-0.39, 0.29) is 36.6 Å². The van der Waals surface area contributed by atoms with Crippen LogP contribution >= 0.6 is 0 Å². The molecule has 7 nitrogen and oxygen atoms in total. The number of hydrogen-bond acceptors (Lipinski definition) is 4. The number of ether oxygens (including phenoxy) is 1. The maximum atomic E-state index is 12.8. The zero-order valence-corrected chi connectivity index (χ0v) is 16.4. The third kappa shape index (κ3) is 5.34. The van der Waals surface area contributed by atoms with Gasteiger partial charge in [0.25, 0.3) is 0 Å². The van der Waals surface area contributed by atoms with E-state index in [0.717, 1.165) is 0 Å². The number of carbonyl (C=O) groups excluding carboxylic acids is 2. The van der Waals surface area contributed by atoms with Gasteiger partial charge < -0.3 is 20.1 Å². The second kappa shape index (κ2) is 7.62. The van der Waals surface area contributed by atoms with Crippen molar-refractivity contribution in [1.29, 1.82) is 0 Å². The van der Waals surface area contributed by atoms with Crippen LogP contribution in [0.15, 0.2) is 0 Å². The summed E-state index contributed by atoms with van der Waals surface area (Å²) in [5.74, 6) is -1.07. The van der Waals surface area contributed by atoms with Crippen LogP contribution in [0.1, 0.15) is 54.9 Å². The highest BCUT2D eigenvalue weighted by Crippen LogP contribution is 2.29. The molecule has 1 atom stereocenters. The molecule has 1 heterocycles. The molecule has 2 N–H and O–H groups in total. The lowest BCUT2D eigenvalue weighted by Gasteiger charge is -2.31. The summed E-state index contributed by atoms with van der Waals surface area (Å²) in [6.07, 6.45) is -0.621. The molecule has 25 heavy (non-hydrogen) atoms. The average molecular weight is 356 g/mol. The predicted octanol–water partition coefficient (Wildman–Crippen LogP) is 2.50. The standard InChI is InChI=1S/C18H32N2O5/c1-11(2)13(12(3)4)14(21)20-9-8-18(10-20,15(22)23)19-16(24)25-17(5,6)7/h11-13H,8-10H2,1-7H3,(H,19,24)(H,22,23). The molecule has 0 radical (unpaired) electrons. The normalized spacial score (nSPS) is 21.1. The molecule has 7 heteroatoms. The largest absolute Gasteiger partial charge is 0.479 e. The van der Waals surface area contributed by atoms with E-state index < -0.39 is 23.2 Å². The highest BCUT2D eigenvalue weighted by atomic mass is 16.6. The van der Waals surface area contributed by atoms with E-state index in [9.17, 15) is 19.5 Å². The molecule has 0 saturated carbocycles. The fraction of sp³-hybridized carbons (Fsp3) is 0.833. The fourth-order valence-corrected chi connectivity index (χ4v) is 3.38. The third-order valence-electron chi connectivity index (χ3n) is 4.45. The number of carboxylic acid groups (broad SMARTS) is 1. The van der Waals surface area contributed by atoms with Gasteiger partial charge in [-0.05, 0) is 32.6 Å². The van der Waals surface area contributed by atoms with Crippen molar-refractivity contribution in [3.63, 3.8) is 0 Å². The zero-order valence-electron chi connectivity index (χ0n) is 16.4. The lowest BCUT2D eigenvalue weighted by molar-refractivity contribution is -0.145. The Hall–Kier alpha value is -1.79. The van der Waals surface area contributed by atoms with E-state index >= 15 is 0 Å². The minimum atomic E-state index is -1.50. The van der Waals surface area contributed by atoms with Crippen molar-refractivity contribution in [2.24, 2.45) is 17.8 Å². The van der Waals surface area contributed by atoms with Crippen LogP contribution in [0.4, 0.5) is 4.79 Å². The lowest BCUT2D eigenvalue weighted by Crippen LogP contribution is -2.57. The molecule has 144 valence electrons. The van der Waals surface area contributed by atoms with Gasteiger partial charge in [0.15, 0.2) is 5.54 Å². The second-order valence-electron chi connectivity index (χ2n) is 8.54. The summed E-state index contributed by atoms with van der Waals surface area (Å²) in [5, 5.41) is 12.1. The van der Waals surface area contributed by atoms with Crippen molar-refractivity contribution in [2.45, 2.75) is 66.0 Å². The van der Waals surface area contributed by atoms with Gasteiger partial charge in [0.05, 0.1) is 6.54 Å². The second-order valence-corrected chi connectivity index (χ2v) is 8.54. The quantitative estimate of drug-likeness (QED) is 0.789. The number of amides is 2. The van der Waals surface area contributed by atoms with Gasteiger partial charge in [-0.2, -0.15) is 0 Å². The van der Waals surface area contributed by atoms with Crippen LogP contribution in [0.5, 0.6) is 0 Å². The molecule has 0 aromatic rings. The summed E-state index contributed by atoms with van der Waals surface area (Å²) in [7, 11) is 0. The van der Waals surface area contributed by atoms with E-state index in [1.807, 2.05) is 27.7 Å². The van der Waals surface area contributed by atoms with E-state index in [1.165, 1.54) is 0 Å². The van der Waals surface area contributed by atoms with Crippen LogP contribution in [0.3, 0.4) is 0 Å². The molecule has 1 rings (SSSR count). The molecule has 1 fully saturated rings. The first-order valence-corrected chi connectivity index (χ1v) is 8.82. The summed E-state index contributed by atoms with van der Waals surface area (Å²) in [4.78, 5) is 38.3. The van der Waals surface area contributed by atoms with Crippen molar-refractivity contribution in [3.8, 4) is 0 Å². The van der Waals surface area contributed by atoms with Gasteiger partial charge >= 0.3 is 12.1 Å². The first-order valence-electron chi connectivity index (χ1n) is 8.82. The first-order chi connectivity index (χ1) is 11.3. The Morgan fingerprint density at radius 1 is 1.12 bits per heavy atom. The number of alkyl carbamates (subject to hydrolysis) is 1. The van der Waals surface area contributed by atoms with Crippen molar-refractivity contribution in [2.75, 3.05) is 13.1 Å². The lowest BCUT2D eigenvalue weighted by atomic mass is 9.84. The van der Waals surface area contributed by atoms with Crippen LogP contribution in [-0.4, -0.2) is 52.2 Å². The van der Waals surface area contributed by atoms with Gasteiger partial charge in [-0.1, -0.05) is 27.7 Å². The number of hydrogen-bond donors (Lipinski definition) is 2. The number of likely N-dealkylation sites (tertiary alicyclic amines) is 1. The Bertz CT molecular complexity index is 516. The van der Waals surface area contributed by atoms with E-state index in [2.05, 4.69) is 5.32 Å². The zero-order chi connectivity index (χ0) is 19.6. The molecule has 1 saturated heterocycles. The molecule has 0 aromatic heterocycles. The van der Waals surface area contributed by atoms with Gasteiger partial charge in [-0.25, -0.2) is 9.59 Å². The number of aliphatic carboxylic acids is 1. The fourth-order valence-electron chi connectivity index (χ4n) is 3.38. The van der Waals surface area contributed by atoms with Gasteiger partial charge in [0, 0.05) is 18.9 Å². The van der Waals surface area contributed by atoms with Crippen molar-refractivity contribution < 1.29 is 24.2 Å². The Morgan fingerprint density at radius 3 is 2.04 bits per heavy atom. The van der Waals surface area contributed by atoms with Crippen molar-refractivity contribution in [1.82, 2.24) is 10.2 Å². The van der Waals surface area contributed by atoms with Crippen LogP contribution < -0.4 is 5.32 Å². The van der Waals surface area contributed by atoms with E-state index in [0.29, 0.717) is 6.54 Å². The molecular weight excluding hydrogens is 324 g/mol. The van der Waals surface area contributed by atoms with Gasteiger partial charge in [0.2, 0.25) is 5.91 Å². The van der Waals surface area contributed by atoms with Gasteiger partial charge in [-0.3, -0.25) is 4.79 Å². The highest BCUT2D eigenvalue weighted by molar-refractivity contribution is 5.87. The van der Waals surface area contributed by atoms with Gasteiger partial charge in [0.1, 0.15) is 5.60 Å². The van der Waals surface area contributed by atoms with Crippen LogP contribution in [0.25, 0.3) is 0 Å².